The van der Waals surface area contributed by atoms with Crippen molar-refractivity contribution < 1.29 is 0 Å². The van der Waals surface area contributed by atoms with Crippen LogP contribution in [0.15, 0.2) is 36.5 Å². The van der Waals surface area contributed by atoms with E-state index >= 15 is 0 Å². The minimum Gasteiger partial charge on any atom is -0.384 e. The van der Waals surface area contributed by atoms with Gasteiger partial charge in [0.05, 0.1) is 10.2 Å². The molecule has 0 aliphatic heterocycles. The number of aromatic nitrogens is 2. The van der Waals surface area contributed by atoms with Crippen LogP contribution in [0.1, 0.15) is 5.56 Å². The zero-order valence-electron chi connectivity index (χ0n) is 9.34. The molecular formula is C13H11N3S. The Kier molecular flexibility index (Phi) is 2.30. The predicted molar refractivity (Wildman–Crippen MR) is 72.0 cm³/mol. The third kappa shape index (κ3) is 1.76. The summed E-state index contributed by atoms with van der Waals surface area (Å²) in [5.41, 5.74) is 8.87. The van der Waals surface area contributed by atoms with Crippen molar-refractivity contribution in [2.24, 2.45) is 0 Å². The van der Waals surface area contributed by atoms with Crippen molar-refractivity contribution in [2.75, 3.05) is 5.73 Å². The molecule has 0 saturated carbocycles. The summed E-state index contributed by atoms with van der Waals surface area (Å²) in [7, 11) is 0. The summed E-state index contributed by atoms with van der Waals surface area (Å²) in [5, 5.41) is 0.988. The molecule has 0 aliphatic rings. The first-order valence-corrected chi connectivity index (χ1v) is 6.14. The summed E-state index contributed by atoms with van der Waals surface area (Å²) in [5.74, 6) is 0.533. The van der Waals surface area contributed by atoms with E-state index in [9.17, 15) is 0 Å². The lowest BCUT2D eigenvalue weighted by Gasteiger charge is -1.95. The molecule has 0 fully saturated rings. The zero-order valence-corrected chi connectivity index (χ0v) is 10.2. The summed E-state index contributed by atoms with van der Waals surface area (Å²) >= 11 is 1.68. The molecular weight excluding hydrogens is 230 g/mol. The molecule has 17 heavy (non-hydrogen) atoms. The van der Waals surface area contributed by atoms with E-state index in [1.807, 2.05) is 6.07 Å². The Morgan fingerprint density at radius 1 is 1.18 bits per heavy atom. The average Bonchev–Trinajstić information content (AvgIpc) is 2.75. The fourth-order valence-corrected chi connectivity index (χ4v) is 2.78. The van der Waals surface area contributed by atoms with Gasteiger partial charge in [0.2, 0.25) is 0 Å². The standard InChI is InChI=1S/C13H11N3S/c1-8-3-2-4-10-12(8)16-13(17-10)9-5-6-11(14)15-7-9/h2-7H,1H3,(H2,14,15). The number of pyridine rings is 1. The van der Waals surface area contributed by atoms with Gasteiger partial charge in [-0.25, -0.2) is 9.97 Å². The van der Waals surface area contributed by atoms with Gasteiger partial charge in [-0.05, 0) is 30.7 Å². The number of anilines is 1. The summed E-state index contributed by atoms with van der Waals surface area (Å²) in [6.45, 7) is 2.08. The van der Waals surface area contributed by atoms with Crippen LogP contribution in [-0.4, -0.2) is 9.97 Å². The molecule has 0 bridgehead atoms. The molecule has 0 saturated heterocycles. The molecule has 0 aliphatic carbocycles. The second kappa shape index (κ2) is 3.82. The van der Waals surface area contributed by atoms with Crippen LogP contribution >= 0.6 is 11.3 Å². The molecule has 2 N–H and O–H groups in total. The van der Waals surface area contributed by atoms with E-state index < -0.39 is 0 Å². The number of hydrogen-bond donors (Lipinski definition) is 1. The van der Waals surface area contributed by atoms with Gasteiger partial charge in [0.25, 0.3) is 0 Å². The van der Waals surface area contributed by atoms with Crippen LogP contribution in [0.3, 0.4) is 0 Å². The normalized spacial score (nSPS) is 10.9. The Balaban J connectivity index is 2.18. The first kappa shape index (κ1) is 10.2. The second-order valence-corrected chi connectivity index (χ2v) is 4.94. The molecule has 0 amide bonds. The van der Waals surface area contributed by atoms with E-state index in [1.165, 1.54) is 10.3 Å². The summed E-state index contributed by atoms with van der Waals surface area (Å²) in [6, 6.07) is 9.98. The molecule has 3 nitrogen and oxygen atoms in total. The van der Waals surface area contributed by atoms with Crippen LogP contribution in [0.4, 0.5) is 5.82 Å². The zero-order chi connectivity index (χ0) is 11.8. The van der Waals surface area contributed by atoms with Crippen LogP contribution < -0.4 is 5.73 Å². The Bertz CT molecular complexity index is 671. The lowest BCUT2D eigenvalue weighted by atomic mass is 10.2. The molecule has 0 radical (unpaired) electrons. The maximum absolute atomic E-state index is 5.58. The van der Waals surface area contributed by atoms with Crippen LogP contribution in [0.25, 0.3) is 20.8 Å². The van der Waals surface area contributed by atoms with Crippen LogP contribution in [0, 0.1) is 6.92 Å². The monoisotopic (exact) mass is 241 g/mol. The highest BCUT2D eigenvalue weighted by atomic mass is 32.1. The molecule has 4 heteroatoms. The lowest BCUT2D eigenvalue weighted by Crippen LogP contribution is -1.88. The summed E-state index contributed by atoms with van der Waals surface area (Å²) < 4.78 is 1.21. The van der Waals surface area contributed by atoms with E-state index in [4.69, 9.17) is 5.73 Å². The van der Waals surface area contributed by atoms with Gasteiger partial charge >= 0.3 is 0 Å². The number of hydrogen-bond acceptors (Lipinski definition) is 4. The number of nitrogens with two attached hydrogens (primary N) is 1. The fraction of sp³-hybridized carbons (Fsp3) is 0.0769. The molecule has 0 spiro atoms. The van der Waals surface area contributed by atoms with Gasteiger partial charge in [0.15, 0.2) is 0 Å². The Labute approximate surface area is 103 Å². The second-order valence-electron chi connectivity index (χ2n) is 3.91. The Morgan fingerprint density at radius 2 is 2.06 bits per heavy atom. The molecule has 0 atom stereocenters. The lowest BCUT2D eigenvalue weighted by molar-refractivity contribution is 1.32. The minimum atomic E-state index is 0.533. The number of nitrogens with zero attached hydrogens (tertiary/aromatic N) is 2. The van der Waals surface area contributed by atoms with Crippen molar-refractivity contribution in [3.8, 4) is 10.6 Å². The van der Waals surface area contributed by atoms with Crippen LogP contribution in [0.5, 0.6) is 0 Å². The van der Waals surface area contributed by atoms with Gasteiger partial charge in [0, 0.05) is 11.8 Å². The average molecular weight is 241 g/mol. The number of benzene rings is 1. The number of nitrogen functional groups attached to an aromatic ring is 1. The van der Waals surface area contributed by atoms with E-state index in [0.29, 0.717) is 5.82 Å². The van der Waals surface area contributed by atoms with Crippen LogP contribution in [-0.2, 0) is 0 Å². The third-order valence-electron chi connectivity index (χ3n) is 2.65. The smallest absolute Gasteiger partial charge is 0.126 e. The highest BCUT2D eigenvalue weighted by molar-refractivity contribution is 7.21. The van der Waals surface area contributed by atoms with Crippen molar-refractivity contribution in [3.05, 3.63) is 42.1 Å². The molecule has 2 heterocycles. The number of rotatable bonds is 1. The van der Waals surface area contributed by atoms with Gasteiger partial charge in [-0.3, -0.25) is 0 Å². The number of fused-ring (bicyclic) bond motifs is 1. The van der Waals surface area contributed by atoms with Crippen molar-refractivity contribution in [3.63, 3.8) is 0 Å². The minimum absolute atomic E-state index is 0.533. The van der Waals surface area contributed by atoms with Crippen molar-refractivity contribution in [1.29, 1.82) is 0 Å². The molecule has 2 aromatic heterocycles. The van der Waals surface area contributed by atoms with Gasteiger partial charge in [0.1, 0.15) is 10.8 Å². The largest absolute Gasteiger partial charge is 0.384 e. The fourth-order valence-electron chi connectivity index (χ4n) is 1.74. The molecule has 3 aromatic rings. The number of thiazole rings is 1. The highest BCUT2D eigenvalue weighted by Gasteiger charge is 2.07. The van der Waals surface area contributed by atoms with E-state index in [0.717, 1.165) is 16.1 Å². The van der Waals surface area contributed by atoms with E-state index in [1.54, 1.807) is 23.6 Å². The number of para-hydroxylation sites is 1. The van der Waals surface area contributed by atoms with E-state index in [-0.39, 0.29) is 0 Å². The molecule has 1 aromatic carbocycles. The molecule has 84 valence electrons. The maximum Gasteiger partial charge on any atom is 0.126 e. The Hall–Kier alpha value is -1.94. The Morgan fingerprint density at radius 3 is 2.76 bits per heavy atom. The first-order valence-electron chi connectivity index (χ1n) is 5.32. The van der Waals surface area contributed by atoms with Gasteiger partial charge < -0.3 is 5.73 Å². The maximum atomic E-state index is 5.58. The molecule has 3 rings (SSSR count). The molecule has 0 unspecified atom stereocenters. The van der Waals surface area contributed by atoms with Gasteiger partial charge in [-0.1, -0.05) is 12.1 Å². The van der Waals surface area contributed by atoms with Gasteiger partial charge in [-0.2, -0.15) is 0 Å². The van der Waals surface area contributed by atoms with Crippen molar-refractivity contribution >= 4 is 27.4 Å². The summed E-state index contributed by atoms with van der Waals surface area (Å²) in [4.78, 5) is 8.74. The van der Waals surface area contributed by atoms with E-state index in [2.05, 4.69) is 35.1 Å². The van der Waals surface area contributed by atoms with Crippen LogP contribution in [0.2, 0.25) is 0 Å². The van der Waals surface area contributed by atoms with Gasteiger partial charge in [-0.15, -0.1) is 11.3 Å². The summed E-state index contributed by atoms with van der Waals surface area (Å²) in [6.07, 6.45) is 1.77. The predicted octanol–water partition coefficient (Wildman–Crippen LogP) is 3.25. The quantitative estimate of drug-likeness (QED) is 0.711. The van der Waals surface area contributed by atoms with Crippen molar-refractivity contribution in [1.82, 2.24) is 9.97 Å². The highest BCUT2D eigenvalue weighted by Crippen LogP contribution is 2.31. The first-order chi connectivity index (χ1) is 8.24. The number of aryl methyl sites for hydroxylation is 1. The van der Waals surface area contributed by atoms with Crippen molar-refractivity contribution in [2.45, 2.75) is 6.92 Å². The topological polar surface area (TPSA) is 51.8 Å². The SMILES string of the molecule is Cc1cccc2sc(-c3ccc(N)nc3)nc12. The third-order valence-corrected chi connectivity index (χ3v) is 3.72.